The van der Waals surface area contributed by atoms with Gasteiger partial charge >= 0.3 is 5.97 Å². The van der Waals surface area contributed by atoms with Crippen molar-refractivity contribution in [3.05, 3.63) is 64.0 Å². The number of aromatic carboxylic acids is 1. The number of carbonyl (C=O) groups is 2. The fourth-order valence-electron chi connectivity index (χ4n) is 3.04. The van der Waals surface area contributed by atoms with E-state index in [4.69, 9.17) is 5.11 Å². The number of nitrogens with one attached hydrogen (secondary N) is 1. The number of rotatable bonds is 3. The SMILES string of the molecule is Cc1ccc2c(c1)CCC2NC(=O)c1ccc(C(=O)O)c(C)n1. The monoisotopic (exact) mass is 310 g/mol. The smallest absolute Gasteiger partial charge is 0.337 e. The van der Waals surface area contributed by atoms with Gasteiger partial charge in [-0.3, -0.25) is 4.79 Å². The van der Waals surface area contributed by atoms with E-state index in [9.17, 15) is 9.59 Å². The van der Waals surface area contributed by atoms with Gasteiger partial charge < -0.3 is 10.4 Å². The molecule has 1 atom stereocenters. The topological polar surface area (TPSA) is 79.3 Å². The van der Waals surface area contributed by atoms with Crippen LogP contribution >= 0.6 is 0 Å². The van der Waals surface area contributed by atoms with Gasteiger partial charge in [-0.1, -0.05) is 23.8 Å². The molecule has 0 radical (unpaired) electrons. The lowest BCUT2D eigenvalue weighted by Crippen LogP contribution is -2.28. The summed E-state index contributed by atoms with van der Waals surface area (Å²) in [4.78, 5) is 27.5. The van der Waals surface area contributed by atoms with Crippen molar-refractivity contribution < 1.29 is 14.7 Å². The highest BCUT2D eigenvalue weighted by atomic mass is 16.4. The molecule has 1 aliphatic carbocycles. The Morgan fingerprint density at radius 1 is 1.22 bits per heavy atom. The number of benzene rings is 1. The molecule has 1 aliphatic rings. The average molecular weight is 310 g/mol. The van der Waals surface area contributed by atoms with E-state index in [1.54, 1.807) is 6.92 Å². The van der Waals surface area contributed by atoms with E-state index in [0.717, 1.165) is 18.4 Å². The lowest BCUT2D eigenvalue weighted by atomic mass is 10.1. The van der Waals surface area contributed by atoms with Gasteiger partial charge in [0, 0.05) is 0 Å². The van der Waals surface area contributed by atoms with Crippen LogP contribution in [0.2, 0.25) is 0 Å². The number of nitrogens with zero attached hydrogens (tertiary/aromatic N) is 1. The average Bonchev–Trinajstić information content (AvgIpc) is 2.88. The molecule has 0 fully saturated rings. The maximum Gasteiger partial charge on any atom is 0.337 e. The number of hydrogen-bond donors (Lipinski definition) is 2. The first-order valence-electron chi connectivity index (χ1n) is 7.57. The zero-order chi connectivity index (χ0) is 16.6. The number of hydrogen-bond acceptors (Lipinski definition) is 3. The number of pyridine rings is 1. The van der Waals surface area contributed by atoms with Crippen LogP contribution in [0.25, 0.3) is 0 Å². The summed E-state index contributed by atoms with van der Waals surface area (Å²) in [7, 11) is 0. The van der Waals surface area contributed by atoms with Crippen LogP contribution in [-0.2, 0) is 6.42 Å². The Hall–Kier alpha value is -2.69. The molecular formula is C18H18N2O3. The minimum atomic E-state index is -1.04. The van der Waals surface area contributed by atoms with Crippen molar-refractivity contribution in [2.45, 2.75) is 32.7 Å². The molecule has 2 N–H and O–H groups in total. The molecule has 0 spiro atoms. The molecule has 5 nitrogen and oxygen atoms in total. The molecule has 3 rings (SSSR count). The van der Waals surface area contributed by atoms with Gasteiger partial charge in [0.05, 0.1) is 17.3 Å². The summed E-state index contributed by atoms with van der Waals surface area (Å²) in [5, 5.41) is 12.0. The highest BCUT2D eigenvalue weighted by Gasteiger charge is 2.25. The van der Waals surface area contributed by atoms with Crippen LogP contribution < -0.4 is 5.32 Å². The number of aromatic nitrogens is 1. The van der Waals surface area contributed by atoms with Gasteiger partial charge in [0.25, 0.3) is 5.91 Å². The molecule has 0 saturated heterocycles. The maximum absolute atomic E-state index is 12.4. The van der Waals surface area contributed by atoms with Crippen LogP contribution in [0.15, 0.2) is 30.3 Å². The summed E-state index contributed by atoms with van der Waals surface area (Å²) in [6.45, 7) is 3.65. The van der Waals surface area contributed by atoms with Crippen molar-refractivity contribution in [2.24, 2.45) is 0 Å². The first-order chi connectivity index (χ1) is 11.0. The number of fused-ring (bicyclic) bond motifs is 1. The molecule has 2 aromatic rings. The zero-order valence-corrected chi connectivity index (χ0v) is 13.1. The predicted molar refractivity (Wildman–Crippen MR) is 85.6 cm³/mol. The molecule has 0 bridgehead atoms. The van der Waals surface area contributed by atoms with Crippen molar-refractivity contribution in [1.29, 1.82) is 0 Å². The summed E-state index contributed by atoms with van der Waals surface area (Å²) in [5.74, 6) is -1.31. The Morgan fingerprint density at radius 2 is 2.00 bits per heavy atom. The van der Waals surface area contributed by atoms with Crippen molar-refractivity contribution in [1.82, 2.24) is 10.3 Å². The third-order valence-electron chi connectivity index (χ3n) is 4.23. The first kappa shape index (κ1) is 15.2. The molecule has 118 valence electrons. The molecule has 23 heavy (non-hydrogen) atoms. The Morgan fingerprint density at radius 3 is 2.70 bits per heavy atom. The van der Waals surface area contributed by atoms with E-state index in [2.05, 4.69) is 29.4 Å². The maximum atomic E-state index is 12.4. The lowest BCUT2D eigenvalue weighted by molar-refractivity contribution is 0.0694. The number of carbonyl (C=O) groups excluding carboxylic acids is 1. The van der Waals surface area contributed by atoms with Crippen molar-refractivity contribution in [3.63, 3.8) is 0 Å². The summed E-state index contributed by atoms with van der Waals surface area (Å²) in [6.07, 6.45) is 1.82. The Labute approximate surface area is 134 Å². The van der Waals surface area contributed by atoms with E-state index in [1.807, 2.05) is 6.07 Å². The Balaban J connectivity index is 1.79. The normalized spacial score (nSPS) is 16.0. The molecular weight excluding hydrogens is 292 g/mol. The Kier molecular flexibility index (Phi) is 3.86. The second-order valence-corrected chi connectivity index (χ2v) is 5.90. The number of aryl methyl sites for hydroxylation is 3. The molecule has 1 unspecified atom stereocenters. The van der Waals surface area contributed by atoms with Crippen LogP contribution in [-0.4, -0.2) is 22.0 Å². The summed E-state index contributed by atoms with van der Waals surface area (Å²) < 4.78 is 0. The molecule has 0 saturated carbocycles. The van der Waals surface area contributed by atoms with Gasteiger partial charge in [-0.2, -0.15) is 0 Å². The lowest BCUT2D eigenvalue weighted by Gasteiger charge is -2.14. The highest BCUT2D eigenvalue weighted by Crippen LogP contribution is 2.31. The van der Waals surface area contributed by atoms with Crippen LogP contribution in [0, 0.1) is 13.8 Å². The van der Waals surface area contributed by atoms with Crippen molar-refractivity contribution in [3.8, 4) is 0 Å². The summed E-state index contributed by atoms with van der Waals surface area (Å²) in [5.41, 5.74) is 4.35. The number of amides is 1. The van der Waals surface area contributed by atoms with Crippen molar-refractivity contribution in [2.75, 3.05) is 0 Å². The van der Waals surface area contributed by atoms with Gasteiger partial charge in [-0.05, 0) is 49.9 Å². The van der Waals surface area contributed by atoms with E-state index in [1.165, 1.54) is 23.3 Å². The van der Waals surface area contributed by atoms with Gasteiger partial charge in [-0.25, -0.2) is 9.78 Å². The van der Waals surface area contributed by atoms with E-state index >= 15 is 0 Å². The minimum Gasteiger partial charge on any atom is -0.478 e. The van der Waals surface area contributed by atoms with Crippen LogP contribution in [0.1, 0.15) is 55.7 Å². The summed E-state index contributed by atoms with van der Waals surface area (Å²) in [6, 6.07) is 9.13. The largest absolute Gasteiger partial charge is 0.478 e. The van der Waals surface area contributed by atoms with Crippen LogP contribution in [0.3, 0.4) is 0 Å². The molecule has 5 heteroatoms. The van der Waals surface area contributed by atoms with E-state index < -0.39 is 5.97 Å². The van der Waals surface area contributed by atoms with Gasteiger partial charge in [0.2, 0.25) is 0 Å². The fourth-order valence-corrected chi connectivity index (χ4v) is 3.04. The quantitative estimate of drug-likeness (QED) is 0.913. The number of carboxylic acid groups (broad SMARTS) is 1. The van der Waals surface area contributed by atoms with E-state index in [0.29, 0.717) is 5.69 Å². The minimum absolute atomic E-state index is 0.0145. The standard InChI is InChI=1S/C18H18N2O3/c1-10-3-5-14-12(9-10)4-7-15(14)20-17(21)16-8-6-13(18(22)23)11(2)19-16/h3,5-6,8-9,15H,4,7H2,1-2H3,(H,20,21)(H,22,23). The van der Waals surface area contributed by atoms with Crippen molar-refractivity contribution >= 4 is 11.9 Å². The van der Waals surface area contributed by atoms with Gasteiger partial charge in [-0.15, -0.1) is 0 Å². The third-order valence-corrected chi connectivity index (χ3v) is 4.23. The second kappa shape index (κ2) is 5.83. The number of carboxylic acids is 1. The predicted octanol–water partition coefficient (Wildman–Crippen LogP) is 2.81. The highest BCUT2D eigenvalue weighted by molar-refractivity contribution is 5.94. The molecule has 1 aromatic carbocycles. The Bertz CT molecular complexity index is 799. The zero-order valence-electron chi connectivity index (χ0n) is 13.1. The van der Waals surface area contributed by atoms with E-state index in [-0.39, 0.29) is 23.2 Å². The third kappa shape index (κ3) is 2.95. The van der Waals surface area contributed by atoms with Crippen LogP contribution in [0.4, 0.5) is 0 Å². The second-order valence-electron chi connectivity index (χ2n) is 5.90. The summed E-state index contributed by atoms with van der Waals surface area (Å²) >= 11 is 0. The fraction of sp³-hybridized carbons (Fsp3) is 0.278. The van der Waals surface area contributed by atoms with Crippen LogP contribution in [0.5, 0.6) is 0 Å². The van der Waals surface area contributed by atoms with Gasteiger partial charge in [0.1, 0.15) is 5.69 Å². The van der Waals surface area contributed by atoms with Gasteiger partial charge in [0.15, 0.2) is 0 Å². The first-order valence-corrected chi connectivity index (χ1v) is 7.57. The molecule has 1 heterocycles. The molecule has 0 aliphatic heterocycles. The molecule has 1 aromatic heterocycles. The molecule has 1 amide bonds.